The first kappa shape index (κ1) is 16.1. The quantitative estimate of drug-likeness (QED) is 0.795. The van der Waals surface area contributed by atoms with Gasteiger partial charge in [0.05, 0.1) is 6.61 Å². The van der Waals surface area contributed by atoms with Crippen molar-refractivity contribution in [1.82, 2.24) is 10.2 Å². The van der Waals surface area contributed by atoms with Gasteiger partial charge in [-0.1, -0.05) is 12.8 Å². The van der Waals surface area contributed by atoms with E-state index in [2.05, 4.69) is 10.1 Å². The zero-order valence-corrected chi connectivity index (χ0v) is 11.8. The predicted molar refractivity (Wildman–Crippen MR) is 67.4 cm³/mol. The lowest BCUT2D eigenvalue weighted by molar-refractivity contribution is -0.176. The Kier molecular flexibility index (Phi) is 4.46. The van der Waals surface area contributed by atoms with Gasteiger partial charge >= 0.3 is 6.18 Å². The molecule has 21 heavy (non-hydrogen) atoms. The summed E-state index contributed by atoms with van der Waals surface area (Å²) in [6, 6.07) is -0.682. The zero-order valence-electron chi connectivity index (χ0n) is 11.8. The topological polar surface area (TPSA) is 58.6 Å². The summed E-state index contributed by atoms with van der Waals surface area (Å²) in [6.07, 6.45) is -1.49. The van der Waals surface area contributed by atoms with Gasteiger partial charge in [-0.3, -0.25) is 9.59 Å². The molecule has 0 radical (unpaired) electrons. The number of rotatable bonds is 4. The zero-order chi connectivity index (χ0) is 15.7. The third-order valence-electron chi connectivity index (χ3n) is 4.08. The molecule has 2 amide bonds. The summed E-state index contributed by atoms with van der Waals surface area (Å²) in [7, 11) is 0. The highest BCUT2D eigenvalue weighted by molar-refractivity contribution is 5.99. The maximum Gasteiger partial charge on any atom is 0.411 e. The molecule has 120 valence electrons. The highest BCUT2D eigenvalue weighted by atomic mass is 19.4. The van der Waals surface area contributed by atoms with Crippen molar-refractivity contribution in [2.75, 3.05) is 19.8 Å². The van der Waals surface area contributed by atoms with Gasteiger partial charge in [-0.25, -0.2) is 0 Å². The van der Waals surface area contributed by atoms with Gasteiger partial charge in [-0.15, -0.1) is 0 Å². The summed E-state index contributed by atoms with van der Waals surface area (Å²) in [5.41, 5.74) is -0.854. The lowest BCUT2D eigenvalue weighted by Gasteiger charge is -2.43. The van der Waals surface area contributed by atoms with Crippen LogP contribution in [0.15, 0.2) is 0 Å². The highest BCUT2D eigenvalue weighted by Crippen LogP contribution is 2.34. The molecule has 1 unspecified atom stereocenters. The standard InChI is InChI=1S/C13H19F3N2O3/c1-9-10(19)17-12(4-2-3-5-12)11(20)18(9)6-7-21-8-13(14,15)16/h9H,2-8H2,1H3,(H,17,19). The summed E-state index contributed by atoms with van der Waals surface area (Å²) >= 11 is 0. The maximum atomic E-state index is 12.5. The molecule has 1 N–H and O–H groups in total. The second-order valence-corrected chi connectivity index (χ2v) is 5.62. The van der Waals surface area contributed by atoms with E-state index in [4.69, 9.17) is 0 Å². The van der Waals surface area contributed by atoms with Crippen molar-refractivity contribution in [3.05, 3.63) is 0 Å². The van der Waals surface area contributed by atoms with Gasteiger partial charge in [0.25, 0.3) is 0 Å². The summed E-state index contributed by atoms with van der Waals surface area (Å²) in [4.78, 5) is 25.8. The molecule has 1 spiro atoms. The van der Waals surface area contributed by atoms with E-state index in [1.165, 1.54) is 4.90 Å². The van der Waals surface area contributed by atoms with Crippen molar-refractivity contribution >= 4 is 11.8 Å². The van der Waals surface area contributed by atoms with Gasteiger partial charge in [-0.05, 0) is 19.8 Å². The molecule has 1 aliphatic heterocycles. The minimum Gasteiger partial charge on any atom is -0.370 e. The number of piperazine rings is 1. The van der Waals surface area contributed by atoms with Crippen LogP contribution in [-0.4, -0.2) is 54.2 Å². The molecule has 5 nitrogen and oxygen atoms in total. The van der Waals surface area contributed by atoms with Crippen LogP contribution in [0.5, 0.6) is 0 Å². The third kappa shape index (κ3) is 3.48. The van der Waals surface area contributed by atoms with Gasteiger partial charge in [0.15, 0.2) is 0 Å². The molecule has 1 heterocycles. The molecule has 1 atom stereocenters. The van der Waals surface area contributed by atoms with E-state index in [0.29, 0.717) is 12.8 Å². The molecular weight excluding hydrogens is 289 g/mol. The smallest absolute Gasteiger partial charge is 0.370 e. The van der Waals surface area contributed by atoms with Crippen molar-refractivity contribution in [1.29, 1.82) is 0 Å². The molecule has 1 saturated carbocycles. The van der Waals surface area contributed by atoms with Crippen LogP contribution in [0.2, 0.25) is 0 Å². The molecule has 2 fully saturated rings. The normalized spacial score (nSPS) is 25.5. The minimum absolute atomic E-state index is 0.00868. The second-order valence-electron chi connectivity index (χ2n) is 5.62. The Balaban J connectivity index is 1.96. The fourth-order valence-electron chi connectivity index (χ4n) is 2.95. The number of carbonyl (C=O) groups is 2. The van der Waals surface area contributed by atoms with Gasteiger partial charge in [0.1, 0.15) is 18.2 Å². The Hall–Kier alpha value is -1.31. The number of hydrogen-bond acceptors (Lipinski definition) is 3. The van der Waals surface area contributed by atoms with Crippen molar-refractivity contribution in [2.45, 2.75) is 50.4 Å². The summed E-state index contributed by atoms with van der Waals surface area (Å²) in [5, 5.41) is 2.78. The van der Waals surface area contributed by atoms with Crippen LogP contribution < -0.4 is 5.32 Å². The summed E-state index contributed by atoms with van der Waals surface area (Å²) in [5.74, 6) is -0.463. The average Bonchev–Trinajstić information content (AvgIpc) is 2.84. The van der Waals surface area contributed by atoms with Crippen molar-refractivity contribution in [2.24, 2.45) is 0 Å². The Morgan fingerprint density at radius 1 is 1.33 bits per heavy atom. The minimum atomic E-state index is -4.39. The molecule has 8 heteroatoms. The SMILES string of the molecule is CC1C(=O)NC2(CCCC2)C(=O)N1CCOCC(F)(F)F. The number of carbonyl (C=O) groups excluding carboxylic acids is 2. The van der Waals surface area contributed by atoms with Gasteiger partial charge < -0.3 is 15.0 Å². The number of amides is 2. The van der Waals surface area contributed by atoms with Crippen LogP contribution in [0.25, 0.3) is 0 Å². The van der Waals surface area contributed by atoms with Crippen molar-refractivity contribution < 1.29 is 27.5 Å². The highest BCUT2D eigenvalue weighted by Gasteiger charge is 2.50. The van der Waals surface area contributed by atoms with E-state index in [1.54, 1.807) is 6.92 Å². The first-order valence-corrected chi connectivity index (χ1v) is 7.03. The average molecular weight is 308 g/mol. The van der Waals surface area contributed by atoms with E-state index in [0.717, 1.165) is 12.8 Å². The number of alkyl halides is 3. The number of hydrogen-bond donors (Lipinski definition) is 1. The monoisotopic (exact) mass is 308 g/mol. The second kappa shape index (κ2) is 5.82. The van der Waals surface area contributed by atoms with Crippen LogP contribution in [0.3, 0.4) is 0 Å². The van der Waals surface area contributed by atoms with Crippen LogP contribution >= 0.6 is 0 Å². The fraction of sp³-hybridized carbons (Fsp3) is 0.846. The Bertz CT molecular complexity index is 419. The third-order valence-corrected chi connectivity index (χ3v) is 4.08. The maximum absolute atomic E-state index is 12.5. The van der Waals surface area contributed by atoms with Crippen LogP contribution in [0.1, 0.15) is 32.6 Å². The lowest BCUT2D eigenvalue weighted by atomic mass is 9.91. The summed E-state index contributed by atoms with van der Waals surface area (Å²) < 4.78 is 40.6. The van der Waals surface area contributed by atoms with Gasteiger partial charge in [0, 0.05) is 6.54 Å². The predicted octanol–water partition coefficient (Wildman–Crippen LogP) is 1.22. The first-order valence-electron chi connectivity index (χ1n) is 7.03. The molecule has 2 aliphatic rings. The van der Waals surface area contributed by atoms with Crippen molar-refractivity contribution in [3.63, 3.8) is 0 Å². The van der Waals surface area contributed by atoms with E-state index >= 15 is 0 Å². The Morgan fingerprint density at radius 3 is 2.52 bits per heavy atom. The molecule has 0 aromatic carbocycles. The van der Waals surface area contributed by atoms with Crippen LogP contribution in [0, 0.1) is 0 Å². The van der Waals surface area contributed by atoms with Gasteiger partial charge in [-0.2, -0.15) is 13.2 Å². The number of halogens is 3. The van der Waals surface area contributed by atoms with E-state index in [1.807, 2.05) is 0 Å². The van der Waals surface area contributed by atoms with Crippen LogP contribution in [0.4, 0.5) is 13.2 Å². The molecule has 1 aliphatic carbocycles. The lowest BCUT2D eigenvalue weighted by Crippen LogP contribution is -2.69. The molecule has 1 saturated heterocycles. The first-order chi connectivity index (χ1) is 9.75. The molecule has 0 aromatic heterocycles. The molecule has 2 rings (SSSR count). The largest absolute Gasteiger partial charge is 0.411 e. The number of ether oxygens (including phenoxy) is 1. The van der Waals surface area contributed by atoms with E-state index < -0.39 is 24.4 Å². The Morgan fingerprint density at radius 2 is 1.95 bits per heavy atom. The van der Waals surface area contributed by atoms with E-state index in [-0.39, 0.29) is 25.0 Å². The summed E-state index contributed by atoms with van der Waals surface area (Å²) in [6.45, 7) is -0.0241. The molecular formula is C13H19F3N2O3. The van der Waals surface area contributed by atoms with Crippen LogP contribution in [-0.2, 0) is 14.3 Å². The van der Waals surface area contributed by atoms with E-state index in [9.17, 15) is 22.8 Å². The fourth-order valence-corrected chi connectivity index (χ4v) is 2.95. The Labute approximate surface area is 120 Å². The number of nitrogens with zero attached hydrogens (tertiary/aromatic N) is 1. The molecule has 0 aromatic rings. The van der Waals surface area contributed by atoms with Gasteiger partial charge in [0.2, 0.25) is 11.8 Å². The molecule has 0 bridgehead atoms. The van der Waals surface area contributed by atoms with Crippen molar-refractivity contribution in [3.8, 4) is 0 Å². The number of nitrogens with one attached hydrogen (secondary N) is 1.